The first-order valence-corrected chi connectivity index (χ1v) is 7.82. The molecule has 0 aliphatic carbocycles. The smallest absolute Gasteiger partial charge is 0.0484 e. The van der Waals surface area contributed by atoms with Crippen LogP contribution in [0.15, 0.2) is 36.4 Å². The van der Waals surface area contributed by atoms with Gasteiger partial charge in [-0.3, -0.25) is 0 Å². The van der Waals surface area contributed by atoms with Crippen molar-refractivity contribution < 1.29 is 0 Å². The zero-order chi connectivity index (χ0) is 13.7. The fourth-order valence-corrected chi connectivity index (χ4v) is 3.11. The molecule has 0 amide bonds. The van der Waals surface area contributed by atoms with Gasteiger partial charge >= 0.3 is 0 Å². The summed E-state index contributed by atoms with van der Waals surface area (Å²) >= 11 is 6.30. The Balaban J connectivity index is 2.34. The highest BCUT2D eigenvalue weighted by Gasteiger charge is 2.12. The first-order valence-electron chi connectivity index (χ1n) is 7.45. The Hall–Kier alpha value is -1.01. The maximum atomic E-state index is 6.30. The number of unbranched alkanes of at least 4 members (excludes halogenated alkanes) is 2. The lowest BCUT2D eigenvalue weighted by molar-refractivity contribution is 0.556. The summed E-state index contributed by atoms with van der Waals surface area (Å²) in [6, 6.07) is 12.8. The van der Waals surface area contributed by atoms with Gasteiger partial charge in [0.1, 0.15) is 0 Å². The van der Waals surface area contributed by atoms with Gasteiger partial charge in [0.05, 0.1) is 0 Å². The normalized spacial score (nSPS) is 12.8. The molecular formula is C18H23Cl. The van der Waals surface area contributed by atoms with Gasteiger partial charge in [-0.1, -0.05) is 75.0 Å². The number of hydrogen-bond acceptors (Lipinski definition) is 0. The average Bonchev–Trinajstić information content (AvgIpc) is 2.44. The van der Waals surface area contributed by atoms with Crippen molar-refractivity contribution in [3.05, 3.63) is 47.0 Å². The third-order valence-electron chi connectivity index (χ3n) is 3.99. The van der Waals surface area contributed by atoms with Crippen LogP contribution < -0.4 is 0 Å². The molecule has 0 spiro atoms. The van der Waals surface area contributed by atoms with E-state index < -0.39 is 0 Å². The van der Waals surface area contributed by atoms with Gasteiger partial charge < -0.3 is 0 Å². The van der Waals surface area contributed by atoms with E-state index >= 15 is 0 Å². The molecule has 2 rings (SSSR count). The lowest BCUT2D eigenvalue weighted by Gasteiger charge is -2.18. The quantitative estimate of drug-likeness (QED) is 0.523. The highest BCUT2D eigenvalue weighted by molar-refractivity contribution is 6.35. The van der Waals surface area contributed by atoms with Crippen molar-refractivity contribution in [1.82, 2.24) is 0 Å². The van der Waals surface area contributed by atoms with Gasteiger partial charge in [-0.2, -0.15) is 0 Å². The van der Waals surface area contributed by atoms with Crippen LogP contribution in [0.2, 0.25) is 5.02 Å². The number of fused-ring (bicyclic) bond motifs is 1. The molecule has 1 unspecified atom stereocenters. The third-order valence-corrected chi connectivity index (χ3v) is 4.32. The fourth-order valence-electron chi connectivity index (χ4n) is 2.87. The molecular weight excluding hydrogens is 252 g/mol. The molecule has 0 heterocycles. The van der Waals surface area contributed by atoms with E-state index in [-0.39, 0.29) is 0 Å². The molecule has 0 bridgehead atoms. The third kappa shape index (κ3) is 3.30. The van der Waals surface area contributed by atoms with E-state index in [0.717, 1.165) is 5.02 Å². The summed E-state index contributed by atoms with van der Waals surface area (Å²) in [6.07, 6.45) is 6.44. The van der Waals surface area contributed by atoms with E-state index in [4.69, 9.17) is 11.6 Å². The van der Waals surface area contributed by atoms with Gasteiger partial charge in [0.2, 0.25) is 0 Å². The van der Waals surface area contributed by atoms with Crippen LogP contribution in [0.25, 0.3) is 10.8 Å². The van der Waals surface area contributed by atoms with Crippen molar-refractivity contribution in [1.29, 1.82) is 0 Å². The van der Waals surface area contributed by atoms with Crippen molar-refractivity contribution in [2.45, 2.75) is 51.9 Å². The Morgan fingerprint density at radius 3 is 2.42 bits per heavy atom. The Morgan fingerprint density at radius 1 is 0.947 bits per heavy atom. The first-order chi connectivity index (χ1) is 9.27. The second-order valence-corrected chi connectivity index (χ2v) is 5.69. The summed E-state index contributed by atoms with van der Waals surface area (Å²) in [5.74, 6) is 0.661. The molecule has 0 N–H and O–H groups in total. The van der Waals surface area contributed by atoms with Crippen LogP contribution in [0.5, 0.6) is 0 Å². The molecule has 2 aromatic carbocycles. The van der Waals surface area contributed by atoms with Crippen molar-refractivity contribution in [2.75, 3.05) is 0 Å². The number of rotatable bonds is 6. The van der Waals surface area contributed by atoms with Crippen LogP contribution in [-0.4, -0.2) is 0 Å². The molecule has 2 aromatic rings. The van der Waals surface area contributed by atoms with Crippen LogP contribution in [0.1, 0.15) is 57.4 Å². The second kappa shape index (κ2) is 6.96. The highest BCUT2D eigenvalue weighted by atomic mass is 35.5. The minimum atomic E-state index is 0.661. The molecule has 0 nitrogen and oxygen atoms in total. The molecule has 0 aromatic heterocycles. The summed E-state index contributed by atoms with van der Waals surface area (Å²) in [7, 11) is 0. The van der Waals surface area contributed by atoms with Crippen LogP contribution in [0.3, 0.4) is 0 Å². The molecule has 0 saturated heterocycles. The Labute approximate surface area is 121 Å². The molecule has 0 fully saturated rings. The molecule has 1 atom stereocenters. The molecule has 1 heteroatoms. The Bertz CT molecular complexity index is 530. The van der Waals surface area contributed by atoms with Crippen molar-refractivity contribution in [2.24, 2.45) is 0 Å². The van der Waals surface area contributed by atoms with E-state index in [1.807, 2.05) is 6.07 Å². The highest BCUT2D eigenvalue weighted by Crippen LogP contribution is 2.34. The molecule has 102 valence electrons. The van der Waals surface area contributed by atoms with Gasteiger partial charge in [-0.15, -0.1) is 0 Å². The van der Waals surface area contributed by atoms with Crippen molar-refractivity contribution in [3.8, 4) is 0 Å². The maximum Gasteiger partial charge on any atom is 0.0484 e. The predicted octanol–water partition coefficient (Wildman–Crippen LogP) is 6.57. The standard InChI is InChI=1S/C18H23Cl/c1-3-5-6-9-14(4-2)15-10-7-12-17-16(15)11-8-13-18(17)19/h7-8,10-14H,3-6,9H2,1-2H3. The van der Waals surface area contributed by atoms with Crippen LogP contribution in [-0.2, 0) is 0 Å². The molecule has 19 heavy (non-hydrogen) atoms. The largest absolute Gasteiger partial charge is 0.0837 e. The monoisotopic (exact) mass is 274 g/mol. The number of hydrogen-bond donors (Lipinski definition) is 0. The first kappa shape index (κ1) is 14.4. The summed E-state index contributed by atoms with van der Waals surface area (Å²) in [4.78, 5) is 0. The van der Waals surface area contributed by atoms with Crippen LogP contribution in [0, 0.1) is 0 Å². The molecule has 0 aliphatic heterocycles. The average molecular weight is 275 g/mol. The zero-order valence-electron chi connectivity index (χ0n) is 12.0. The van der Waals surface area contributed by atoms with E-state index in [1.54, 1.807) is 0 Å². The van der Waals surface area contributed by atoms with E-state index in [0.29, 0.717) is 5.92 Å². The lowest BCUT2D eigenvalue weighted by atomic mass is 9.87. The van der Waals surface area contributed by atoms with Crippen molar-refractivity contribution >= 4 is 22.4 Å². The zero-order valence-corrected chi connectivity index (χ0v) is 12.7. The summed E-state index contributed by atoms with van der Waals surface area (Å²) < 4.78 is 0. The second-order valence-electron chi connectivity index (χ2n) is 5.28. The molecule has 0 aliphatic rings. The SMILES string of the molecule is CCCCCC(CC)c1cccc2c(Cl)cccc12. The van der Waals surface area contributed by atoms with Crippen molar-refractivity contribution in [3.63, 3.8) is 0 Å². The summed E-state index contributed by atoms with van der Waals surface area (Å²) in [5.41, 5.74) is 1.47. The fraction of sp³-hybridized carbons (Fsp3) is 0.444. The lowest BCUT2D eigenvalue weighted by Crippen LogP contribution is -1.98. The Morgan fingerprint density at radius 2 is 1.68 bits per heavy atom. The minimum Gasteiger partial charge on any atom is -0.0837 e. The molecule has 0 radical (unpaired) electrons. The van der Waals surface area contributed by atoms with E-state index in [9.17, 15) is 0 Å². The summed E-state index contributed by atoms with van der Waals surface area (Å²) in [6.45, 7) is 4.55. The van der Waals surface area contributed by atoms with E-state index in [2.05, 4.69) is 44.2 Å². The topological polar surface area (TPSA) is 0 Å². The maximum absolute atomic E-state index is 6.30. The Kier molecular flexibility index (Phi) is 5.27. The van der Waals surface area contributed by atoms with Crippen LogP contribution in [0.4, 0.5) is 0 Å². The minimum absolute atomic E-state index is 0.661. The predicted molar refractivity (Wildman–Crippen MR) is 86.1 cm³/mol. The van der Waals surface area contributed by atoms with Gasteiger partial charge in [-0.05, 0) is 35.8 Å². The van der Waals surface area contributed by atoms with Gasteiger partial charge in [0, 0.05) is 10.4 Å². The van der Waals surface area contributed by atoms with Crippen LogP contribution >= 0.6 is 11.6 Å². The van der Waals surface area contributed by atoms with Gasteiger partial charge in [-0.25, -0.2) is 0 Å². The van der Waals surface area contributed by atoms with Gasteiger partial charge in [0.15, 0.2) is 0 Å². The number of benzene rings is 2. The van der Waals surface area contributed by atoms with E-state index in [1.165, 1.54) is 48.4 Å². The number of halogens is 1. The summed E-state index contributed by atoms with van der Waals surface area (Å²) in [5, 5.41) is 3.39. The molecule has 0 saturated carbocycles. The van der Waals surface area contributed by atoms with Gasteiger partial charge in [0.25, 0.3) is 0 Å².